The van der Waals surface area contributed by atoms with E-state index in [0.717, 1.165) is 30.2 Å². The summed E-state index contributed by atoms with van der Waals surface area (Å²) in [5, 5.41) is 3.51. The number of aromatic nitrogens is 3. The molecule has 0 aliphatic heterocycles. The van der Waals surface area contributed by atoms with E-state index in [1.54, 1.807) is 6.20 Å². The van der Waals surface area contributed by atoms with Crippen molar-refractivity contribution in [1.82, 2.24) is 15.0 Å². The van der Waals surface area contributed by atoms with Gasteiger partial charge in [0, 0.05) is 24.0 Å². The van der Waals surface area contributed by atoms with Crippen molar-refractivity contribution in [3.63, 3.8) is 0 Å². The van der Waals surface area contributed by atoms with Crippen LogP contribution in [0.4, 0.5) is 5.82 Å². The average molecular weight is 312 g/mol. The number of aryl methyl sites for hydroxylation is 1. The Kier molecular flexibility index (Phi) is 6.98. The zero-order chi connectivity index (χ0) is 16.5. The van der Waals surface area contributed by atoms with Crippen LogP contribution < -0.4 is 5.32 Å². The zero-order valence-electron chi connectivity index (χ0n) is 14.6. The quantitative estimate of drug-likeness (QED) is 0.676. The zero-order valence-corrected chi connectivity index (χ0v) is 14.6. The third kappa shape index (κ3) is 5.02. The minimum atomic E-state index is 0.703. The lowest BCUT2D eigenvalue weighted by molar-refractivity contribution is 0.644. The molecule has 0 fully saturated rings. The van der Waals surface area contributed by atoms with E-state index in [1.807, 2.05) is 18.2 Å². The third-order valence-electron chi connectivity index (χ3n) is 4.03. The third-order valence-corrected chi connectivity index (χ3v) is 4.03. The van der Waals surface area contributed by atoms with Gasteiger partial charge in [-0.1, -0.05) is 45.6 Å². The summed E-state index contributed by atoms with van der Waals surface area (Å²) >= 11 is 0. The molecule has 4 heteroatoms. The molecule has 0 radical (unpaired) electrons. The van der Waals surface area contributed by atoms with Gasteiger partial charge in [0.05, 0.1) is 0 Å². The number of hydrogen-bond donors (Lipinski definition) is 1. The Labute approximate surface area is 139 Å². The second-order valence-corrected chi connectivity index (χ2v) is 5.87. The van der Waals surface area contributed by atoms with Crippen molar-refractivity contribution in [1.29, 1.82) is 0 Å². The van der Waals surface area contributed by atoms with Gasteiger partial charge in [-0.25, -0.2) is 9.97 Å². The molecule has 0 aliphatic carbocycles. The van der Waals surface area contributed by atoms with Crippen molar-refractivity contribution in [2.24, 2.45) is 0 Å². The summed E-state index contributed by atoms with van der Waals surface area (Å²) in [7, 11) is 0. The molecule has 23 heavy (non-hydrogen) atoms. The molecule has 0 atom stereocenters. The second kappa shape index (κ2) is 9.23. The van der Waals surface area contributed by atoms with Gasteiger partial charge in [-0.05, 0) is 31.9 Å². The molecule has 0 saturated carbocycles. The lowest BCUT2D eigenvalue weighted by atomic mass is 10.1. The SMILES string of the molecule is CCCCCCCNc1nc(-c2ccccn2)nc(C)c1CC. The van der Waals surface area contributed by atoms with Crippen LogP contribution in [0, 0.1) is 6.92 Å². The minimum Gasteiger partial charge on any atom is -0.370 e. The van der Waals surface area contributed by atoms with Gasteiger partial charge >= 0.3 is 0 Å². The molecule has 0 aliphatic rings. The van der Waals surface area contributed by atoms with Crippen molar-refractivity contribution in [3.8, 4) is 11.5 Å². The minimum absolute atomic E-state index is 0.703. The van der Waals surface area contributed by atoms with E-state index in [4.69, 9.17) is 4.98 Å². The van der Waals surface area contributed by atoms with Gasteiger partial charge in [0.15, 0.2) is 5.82 Å². The van der Waals surface area contributed by atoms with Crippen LogP contribution in [-0.2, 0) is 6.42 Å². The fraction of sp³-hybridized carbons (Fsp3) is 0.526. The molecule has 0 amide bonds. The first kappa shape index (κ1) is 17.4. The molecule has 4 nitrogen and oxygen atoms in total. The fourth-order valence-corrected chi connectivity index (χ4v) is 2.71. The predicted molar refractivity (Wildman–Crippen MR) is 96.6 cm³/mol. The van der Waals surface area contributed by atoms with Crippen LogP contribution in [0.2, 0.25) is 0 Å². The van der Waals surface area contributed by atoms with Gasteiger partial charge < -0.3 is 5.32 Å². The molecule has 124 valence electrons. The Morgan fingerprint density at radius 2 is 1.83 bits per heavy atom. The normalized spacial score (nSPS) is 10.7. The Morgan fingerprint density at radius 1 is 1.00 bits per heavy atom. The van der Waals surface area contributed by atoms with Gasteiger partial charge in [0.25, 0.3) is 0 Å². The molecule has 0 aromatic carbocycles. The van der Waals surface area contributed by atoms with Crippen LogP contribution in [0.3, 0.4) is 0 Å². The molecule has 2 rings (SSSR count). The van der Waals surface area contributed by atoms with Crippen LogP contribution in [-0.4, -0.2) is 21.5 Å². The predicted octanol–water partition coefficient (Wildman–Crippen LogP) is 4.79. The van der Waals surface area contributed by atoms with Crippen LogP contribution in [0.5, 0.6) is 0 Å². The number of pyridine rings is 1. The number of nitrogens with zero attached hydrogens (tertiary/aromatic N) is 3. The number of hydrogen-bond acceptors (Lipinski definition) is 4. The van der Waals surface area contributed by atoms with Crippen LogP contribution >= 0.6 is 0 Å². The summed E-state index contributed by atoms with van der Waals surface area (Å²) in [4.78, 5) is 13.7. The smallest absolute Gasteiger partial charge is 0.180 e. The summed E-state index contributed by atoms with van der Waals surface area (Å²) in [6.45, 7) is 7.42. The van der Waals surface area contributed by atoms with Gasteiger partial charge in [-0.15, -0.1) is 0 Å². The van der Waals surface area contributed by atoms with E-state index in [9.17, 15) is 0 Å². The van der Waals surface area contributed by atoms with Crippen molar-refractivity contribution < 1.29 is 0 Å². The van der Waals surface area contributed by atoms with E-state index in [-0.39, 0.29) is 0 Å². The van der Waals surface area contributed by atoms with Crippen molar-refractivity contribution >= 4 is 5.82 Å². The molecular formula is C19H28N4. The number of rotatable bonds is 9. The van der Waals surface area contributed by atoms with Gasteiger partial charge in [-0.3, -0.25) is 4.98 Å². The van der Waals surface area contributed by atoms with Crippen molar-refractivity contribution in [2.45, 2.75) is 59.3 Å². The first-order valence-electron chi connectivity index (χ1n) is 8.79. The molecular weight excluding hydrogens is 284 g/mol. The van der Waals surface area contributed by atoms with Crippen LogP contribution in [0.15, 0.2) is 24.4 Å². The molecule has 1 N–H and O–H groups in total. The summed E-state index contributed by atoms with van der Waals surface area (Å²) in [5.41, 5.74) is 3.07. The topological polar surface area (TPSA) is 50.7 Å². The van der Waals surface area contributed by atoms with Gasteiger partial charge in [0.2, 0.25) is 0 Å². The average Bonchev–Trinajstić information content (AvgIpc) is 2.58. The van der Waals surface area contributed by atoms with E-state index in [0.29, 0.717) is 5.82 Å². The van der Waals surface area contributed by atoms with E-state index in [2.05, 4.69) is 36.1 Å². The Hall–Kier alpha value is -1.97. The fourth-order valence-electron chi connectivity index (χ4n) is 2.71. The van der Waals surface area contributed by atoms with Crippen LogP contribution in [0.25, 0.3) is 11.5 Å². The van der Waals surface area contributed by atoms with Gasteiger partial charge in [-0.2, -0.15) is 0 Å². The first-order valence-corrected chi connectivity index (χ1v) is 8.79. The van der Waals surface area contributed by atoms with E-state index < -0.39 is 0 Å². The Balaban J connectivity index is 2.09. The highest BCUT2D eigenvalue weighted by Gasteiger charge is 2.11. The highest BCUT2D eigenvalue weighted by molar-refractivity contribution is 5.56. The maximum Gasteiger partial charge on any atom is 0.180 e. The number of anilines is 1. The maximum atomic E-state index is 4.72. The molecule has 2 aromatic rings. The molecule has 0 saturated heterocycles. The maximum absolute atomic E-state index is 4.72. The summed E-state index contributed by atoms with van der Waals surface area (Å²) in [5.74, 6) is 1.67. The standard InChI is InChI=1S/C19H28N4/c1-4-6-7-8-10-14-21-18-16(5-2)15(3)22-19(23-18)17-12-9-11-13-20-17/h9,11-13H,4-8,10,14H2,1-3H3,(H,21,22,23). The first-order chi connectivity index (χ1) is 11.3. The molecule has 0 unspecified atom stereocenters. The highest BCUT2D eigenvalue weighted by atomic mass is 15.0. The molecule has 0 bridgehead atoms. The monoisotopic (exact) mass is 312 g/mol. The van der Waals surface area contributed by atoms with Crippen molar-refractivity contribution in [2.75, 3.05) is 11.9 Å². The van der Waals surface area contributed by atoms with Crippen molar-refractivity contribution in [3.05, 3.63) is 35.7 Å². The lowest BCUT2D eigenvalue weighted by Crippen LogP contribution is -2.10. The highest BCUT2D eigenvalue weighted by Crippen LogP contribution is 2.21. The summed E-state index contributed by atoms with van der Waals surface area (Å²) in [6, 6.07) is 5.83. The van der Waals surface area contributed by atoms with E-state index >= 15 is 0 Å². The molecule has 2 aromatic heterocycles. The number of unbranched alkanes of at least 4 members (excludes halogenated alkanes) is 4. The van der Waals surface area contributed by atoms with E-state index in [1.165, 1.54) is 37.7 Å². The van der Waals surface area contributed by atoms with Crippen LogP contribution in [0.1, 0.15) is 57.2 Å². The Bertz CT molecular complexity index is 596. The Morgan fingerprint density at radius 3 is 2.52 bits per heavy atom. The summed E-state index contributed by atoms with van der Waals surface area (Å²) in [6.07, 6.45) is 9.11. The molecule has 2 heterocycles. The second-order valence-electron chi connectivity index (χ2n) is 5.87. The lowest BCUT2D eigenvalue weighted by Gasteiger charge is -2.13. The largest absolute Gasteiger partial charge is 0.370 e. The summed E-state index contributed by atoms with van der Waals surface area (Å²) < 4.78 is 0. The molecule has 0 spiro atoms. The number of nitrogens with one attached hydrogen (secondary N) is 1. The van der Waals surface area contributed by atoms with Gasteiger partial charge in [0.1, 0.15) is 11.5 Å².